The molecule has 1 N–H and O–H groups in total. The molecule has 0 saturated heterocycles. The van der Waals surface area contributed by atoms with Crippen LogP contribution in [0.4, 0.5) is 5.69 Å². The van der Waals surface area contributed by atoms with E-state index in [0.29, 0.717) is 5.69 Å². The lowest BCUT2D eigenvalue weighted by Gasteiger charge is -2.32. The van der Waals surface area contributed by atoms with Gasteiger partial charge in [0.1, 0.15) is 10.1 Å². The Labute approximate surface area is 168 Å². The van der Waals surface area contributed by atoms with Gasteiger partial charge in [0.2, 0.25) is 5.91 Å². The Morgan fingerprint density at radius 3 is 2.26 bits per heavy atom. The average molecular weight is 400 g/mol. The summed E-state index contributed by atoms with van der Waals surface area (Å²) in [6.45, 7) is 0. The van der Waals surface area contributed by atoms with Gasteiger partial charge < -0.3 is 5.32 Å². The molecule has 0 saturated carbocycles. The smallest absolute Gasteiger partial charge is 0.231 e. The molecule has 1 aliphatic carbocycles. The van der Waals surface area contributed by atoms with Gasteiger partial charge >= 0.3 is 0 Å². The number of anilines is 1. The van der Waals surface area contributed by atoms with Crippen LogP contribution in [-0.2, 0) is 9.59 Å². The third-order valence-electron chi connectivity index (χ3n) is 4.39. The lowest BCUT2D eigenvalue weighted by molar-refractivity contribution is -0.125. The predicted molar refractivity (Wildman–Crippen MR) is 111 cm³/mol. The van der Waals surface area contributed by atoms with Crippen molar-refractivity contribution >= 4 is 46.2 Å². The minimum absolute atomic E-state index is 0.0836. The van der Waals surface area contributed by atoms with Gasteiger partial charge in [-0.25, -0.2) is 0 Å². The molecule has 5 heteroatoms. The van der Waals surface area contributed by atoms with E-state index < -0.39 is 10.3 Å². The van der Waals surface area contributed by atoms with Crippen LogP contribution < -0.4 is 5.32 Å². The highest BCUT2D eigenvalue weighted by atomic mass is 35.5. The van der Waals surface area contributed by atoms with Gasteiger partial charge in [-0.1, -0.05) is 83.9 Å². The molecule has 3 rings (SSSR count). The molecule has 0 bridgehead atoms. The van der Waals surface area contributed by atoms with E-state index in [4.69, 9.17) is 23.2 Å². The molecule has 0 aromatic heterocycles. The molecule has 0 spiro atoms. The normalized spacial score (nSPS) is 17.9. The fourth-order valence-corrected chi connectivity index (χ4v) is 3.63. The minimum atomic E-state index is -1.20. The third kappa shape index (κ3) is 5.09. The fraction of sp³-hybridized carbons (Fsp3) is 0.182. The zero-order valence-electron chi connectivity index (χ0n) is 14.6. The van der Waals surface area contributed by atoms with E-state index in [-0.39, 0.29) is 24.5 Å². The second-order valence-corrected chi connectivity index (χ2v) is 7.85. The largest absolute Gasteiger partial charge is 0.326 e. The lowest BCUT2D eigenvalue weighted by Crippen LogP contribution is -2.30. The number of para-hydroxylation sites is 1. The van der Waals surface area contributed by atoms with Gasteiger partial charge in [0.05, 0.1) is 6.42 Å². The molecule has 2 aromatic carbocycles. The number of carbonyl (C=O) groups excluding carboxylic acids is 2. The van der Waals surface area contributed by atoms with E-state index >= 15 is 0 Å². The van der Waals surface area contributed by atoms with E-state index in [0.717, 1.165) is 11.1 Å². The fourth-order valence-electron chi connectivity index (χ4n) is 3.10. The number of carbonyl (C=O) groups is 2. The van der Waals surface area contributed by atoms with Gasteiger partial charge in [-0.05, 0) is 29.3 Å². The summed E-state index contributed by atoms with van der Waals surface area (Å²) in [5, 5.41) is 2.72. The first-order valence-corrected chi connectivity index (χ1v) is 9.40. The van der Waals surface area contributed by atoms with Crippen molar-refractivity contribution in [2.45, 2.75) is 17.2 Å². The molecule has 0 aliphatic heterocycles. The van der Waals surface area contributed by atoms with Crippen molar-refractivity contribution in [2.24, 2.45) is 5.92 Å². The molecule has 1 amide bonds. The second kappa shape index (κ2) is 8.55. The predicted octanol–water partition coefficient (Wildman–Crippen LogP) is 5.42. The van der Waals surface area contributed by atoms with Crippen molar-refractivity contribution in [2.75, 3.05) is 5.32 Å². The van der Waals surface area contributed by atoms with Gasteiger partial charge in [0.15, 0.2) is 0 Å². The molecule has 27 heavy (non-hydrogen) atoms. The average Bonchev–Trinajstić information content (AvgIpc) is 2.64. The zero-order chi connectivity index (χ0) is 19.3. The van der Waals surface area contributed by atoms with Crippen LogP contribution >= 0.6 is 23.2 Å². The summed E-state index contributed by atoms with van der Waals surface area (Å²) in [7, 11) is 0. The van der Waals surface area contributed by atoms with Crippen molar-refractivity contribution in [3.8, 4) is 0 Å². The first-order chi connectivity index (χ1) is 13.0. The Morgan fingerprint density at radius 1 is 0.963 bits per heavy atom. The maximum Gasteiger partial charge on any atom is 0.231 e. The number of hydrogen-bond acceptors (Lipinski definition) is 2. The molecule has 1 atom stereocenters. The summed E-state index contributed by atoms with van der Waals surface area (Å²) in [5.74, 6) is -0.987. The van der Waals surface area contributed by atoms with Crippen molar-refractivity contribution in [1.29, 1.82) is 0 Å². The maximum absolute atomic E-state index is 12.5. The Kier molecular flexibility index (Phi) is 6.15. The lowest BCUT2D eigenvalue weighted by atomic mass is 9.82. The van der Waals surface area contributed by atoms with Crippen molar-refractivity contribution in [3.63, 3.8) is 0 Å². The molecule has 138 valence electrons. The SMILES string of the molecule is O=C(CC(=O)Nc1ccccc1)CC1C(c2ccccc2)=CC=CC1(Cl)Cl. The highest BCUT2D eigenvalue weighted by molar-refractivity contribution is 6.50. The van der Waals surface area contributed by atoms with Crippen LogP contribution in [0.1, 0.15) is 18.4 Å². The summed E-state index contributed by atoms with van der Waals surface area (Å²) in [6, 6.07) is 18.7. The van der Waals surface area contributed by atoms with E-state index in [9.17, 15) is 9.59 Å². The standard InChI is InChI=1S/C22H19Cl2NO2/c23-22(24)13-7-12-19(16-8-3-1-4-9-16)20(22)14-18(26)15-21(27)25-17-10-5-2-6-11-17/h1-13,20H,14-15H2,(H,25,27). The van der Waals surface area contributed by atoms with E-state index in [1.165, 1.54) is 0 Å². The van der Waals surface area contributed by atoms with Crippen molar-refractivity contribution in [3.05, 3.63) is 84.5 Å². The first kappa shape index (κ1) is 19.4. The Bertz CT molecular complexity index is 874. The Balaban J connectivity index is 1.70. The van der Waals surface area contributed by atoms with Crippen molar-refractivity contribution < 1.29 is 9.59 Å². The van der Waals surface area contributed by atoms with E-state index in [1.807, 2.05) is 54.6 Å². The molecular formula is C22H19Cl2NO2. The molecule has 1 aliphatic rings. The first-order valence-electron chi connectivity index (χ1n) is 8.65. The van der Waals surface area contributed by atoms with Crippen LogP contribution in [0.5, 0.6) is 0 Å². The summed E-state index contributed by atoms with van der Waals surface area (Å²) >= 11 is 13.0. The maximum atomic E-state index is 12.5. The number of hydrogen-bond donors (Lipinski definition) is 1. The molecule has 0 fully saturated rings. The second-order valence-electron chi connectivity index (χ2n) is 6.41. The number of halogens is 2. The number of ketones is 1. The van der Waals surface area contributed by atoms with E-state index in [2.05, 4.69) is 5.32 Å². The summed E-state index contributed by atoms with van der Waals surface area (Å²) in [6.07, 6.45) is 5.25. The number of rotatable bonds is 6. The zero-order valence-corrected chi connectivity index (χ0v) is 16.1. The highest BCUT2D eigenvalue weighted by Crippen LogP contribution is 2.45. The molecule has 2 aromatic rings. The summed E-state index contributed by atoms with van der Waals surface area (Å²) < 4.78 is -1.20. The summed E-state index contributed by atoms with van der Waals surface area (Å²) in [4.78, 5) is 24.7. The third-order valence-corrected chi connectivity index (χ3v) is 5.17. The highest BCUT2D eigenvalue weighted by Gasteiger charge is 2.38. The molecular weight excluding hydrogens is 381 g/mol. The topological polar surface area (TPSA) is 46.2 Å². The molecule has 0 heterocycles. The number of alkyl halides is 2. The number of nitrogens with one attached hydrogen (secondary N) is 1. The Morgan fingerprint density at radius 2 is 1.59 bits per heavy atom. The molecule has 3 nitrogen and oxygen atoms in total. The monoisotopic (exact) mass is 399 g/mol. The summed E-state index contributed by atoms with van der Waals surface area (Å²) in [5.41, 5.74) is 2.50. The number of Topliss-reactive ketones (excluding diaryl/α,β-unsaturated/α-hetero) is 1. The van der Waals surface area contributed by atoms with Gasteiger partial charge in [-0.2, -0.15) is 0 Å². The van der Waals surface area contributed by atoms with Crippen LogP contribution in [0.15, 0.2) is 78.9 Å². The van der Waals surface area contributed by atoms with Gasteiger partial charge in [0, 0.05) is 18.0 Å². The van der Waals surface area contributed by atoms with Gasteiger partial charge in [-0.3, -0.25) is 9.59 Å². The van der Waals surface area contributed by atoms with Gasteiger partial charge in [0.25, 0.3) is 0 Å². The van der Waals surface area contributed by atoms with Crippen LogP contribution in [-0.4, -0.2) is 16.0 Å². The van der Waals surface area contributed by atoms with Crippen LogP contribution in [0.3, 0.4) is 0 Å². The molecule has 1 unspecified atom stereocenters. The number of amides is 1. The minimum Gasteiger partial charge on any atom is -0.326 e. The Hall–Kier alpha value is -2.36. The number of allylic oxidation sites excluding steroid dienone is 4. The quantitative estimate of drug-likeness (QED) is 0.520. The van der Waals surface area contributed by atoms with Crippen LogP contribution in [0.25, 0.3) is 5.57 Å². The van der Waals surface area contributed by atoms with Crippen LogP contribution in [0, 0.1) is 5.92 Å². The van der Waals surface area contributed by atoms with Crippen LogP contribution in [0.2, 0.25) is 0 Å². The van der Waals surface area contributed by atoms with E-state index in [1.54, 1.807) is 24.3 Å². The number of benzene rings is 2. The van der Waals surface area contributed by atoms with Crippen molar-refractivity contribution in [1.82, 2.24) is 0 Å². The molecule has 0 radical (unpaired) electrons. The van der Waals surface area contributed by atoms with Gasteiger partial charge in [-0.15, -0.1) is 0 Å².